The molecule has 100 valence electrons. The summed E-state index contributed by atoms with van der Waals surface area (Å²) in [7, 11) is 0. The number of benzene rings is 1. The minimum atomic E-state index is -4.34. The van der Waals surface area contributed by atoms with Gasteiger partial charge < -0.3 is 10.1 Å². The van der Waals surface area contributed by atoms with Gasteiger partial charge in [0.2, 0.25) is 5.91 Å². The van der Waals surface area contributed by atoms with Crippen LogP contribution >= 0.6 is 15.9 Å². The van der Waals surface area contributed by atoms with Crippen LogP contribution in [0.25, 0.3) is 0 Å². The van der Waals surface area contributed by atoms with Crippen molar-refractivity contribution in [3.63, 3.8) is 0 Å². The Morgan fingerprint density at radius 1 is 1.28 bits per heavy atom. The van der Waals surface area contributed by atoms with Crippen LogP contribution in [-0.2, 0) is 11.3 Å². The van der Waals surface area contributed by atoms with E-state index in [1.54, 1.807) is 12.1 Å². The molecule has 1 N–H and O–H groups in total. The Kier molecular flexibility index (Phi) is 5.46. The molecule has 0 aromatic heterocycles. The van der Waals surface area contributed by atoms with Gasteiger partial charge in [0.25, 0.3) is 0 Å². The van der Waals surface area contributed by atoms with Crippen molar-refractivity contribution in [3.8, 4) is 5.75 Å². The number of halogens is 4. The van der Waals surface area contributed by atoms with Gasteiger partial charge in [0.15, 0.2) is 6.61 Å². The van der Waals surface area contributed by atoms with E-state index in [1.807, 2.05) is 0 Å². The van der Waals surface area contributed by atoms with Crippen molar-refractivity contribution in [2.75, 3.05) is 11.9 Å². The van der Waals surface area contributed by atoms with E-state index in [1.165, 1.54) is 12.1 Å². The molecule has 7 heteroatoms. The molecule has 0 fully saturated rings. The van der Waals surface area contributed by atoms with Crippen molar-refractivity contribution < 1.29 is 22.7 Å². The summed E-state index contributed by atoms with van der Waals surface area (Å²) in [5.41, 5.74) is 0.781. The second-order valence-corrected chi connectivity index (χ2v) is 4.02. The number of nitrogens with one attached hydrogen (secondary N) is 1. The molecule has 0 saturated carbocycles. The highest BCUT2D eigenvalue weighted by Crippen LogP contribution is 2.18. The van der Waals surface area contributed by atoms with Gasteiger partial charge in [0.1, 0.15) is 5.75 Å². The molecule has 0 aliphatic rings. The molecule has 1 aromatic carbocycles. The van der Waals surface area contributed by atoms with Crippen LogP contribution in [0.3, 0.4) is 0 Å². The predicted molar refractivity (Wildman–Crippen MR) is 63.6 cm³/mol. The lowest BCUT2D eigenvalue weighted by Gasteiger charge is -2.09. The van der Waals surface area contributed by atoms with E-state index in [0.717, 1.165) is 5.56 Å². The van der Waals surface area contributed by atoms with E-state index in [9.17, 15) is 18.0 Å². The minimum absolute atomic E-state index is 0.142. The molecule has 1 aromatic rings. The molecule has 1 rings (SSSR count). The van der Waals surface area contributed by atoms with Crippen molar-refractivity contribution in [2.24, 2.45) is 0 Å². The van der Waals surface area contributed by atoms with E-state index in [4.69, 9.17) is 0 Å². The number of amides is 1. The quantitative estimate of drug-likeness (QED) is 0.845. The minimum Gasteiger partial charge on any atom is -0.484 e. The molecule has 3 nitrogen and oxygen atoms in total. The molecule has 0 saturated heterocycles. The lowest BCUT2D eigenvalue weighted by Crippen LogP contribution is -2.23. The molecular formula is C11H11BrF3NO2. The predicted octanol–water partition coefficient (Wildman–Crippen LogP) is 2.64. The summed E-state index contributed by atoms with van der Waals surface area (Å²) in [4.78, 5) is 11.0. The van der Waals surface area contributed by atoms with E-state index in [0.29, 0.717) is 6.54 Å². The van der Waals surface area contributed by atoms with E-state index >= 15 is 0 Å². The van der Waals surface area contributed by atoms with Gasteiger partial charge in [-0.3, -0.25) is 4.79 Å². The van der Waals surface area contributed by atoms with Gasteiger partial charge in [-0.05, 0) is 17.7 Å². The molecule has 0 aliphatic heterocycles. The molecule has 18 heavy (non-hydrogen) atoms. The van der Waals surface area contributed by atoms with Crippen molar-refractivity contribution in [3.05, 3.63) is 29.8 Å². The Hall–Kier alpha value is -1.24. The van der Waals surface area contributed by atoms with Gasteiger partial charge in [-0.1, -0.05) is 28.1 Å². The molecule has 0 radical (unpaired) electrons. The standard InChI is InChI=1S/C11H11BrF3NO2/c12-5-10(17)16-6-8-1-3-9(4-2-8)18-7-11(13,14)15/h1-4H,5-7H2,(H,16,17). The Morgan fingerprint density at radius 3 is 2.39 bits per heavy atom. The fourth-order valence-corrected chi connectivity index (χ4v) is 1.31. The highest BCUT2D eigenvalue weighted by molar-refractivity contribution is 9.09. The van der Waals surface area contributed by atoms with Crippen LogP contribution in [0.2, 0.25) is 0 Å². The third-order valence-corrected chi connectivity index (χ3v) is 2.45. The monoisotopic (exact) mass is 325 g/mol. The highest BCUT2D eigenvalue weighted by atomic mass is 79.9. The fraction of sp³-hybridized carbons (Fsp3) is 0.364. The topological polar surface area (TPSA) is 38.3 Å². The van der Waals surface area contributed by atoms with Gasteiger partial charge in [-0.25, -0.2) is 0 Å². The van der Waals surface area contributed by atoms with Crippen molar-refractivity contribution in [1.82, 2.24) is 5.32 Å². The molecule has 0 bridgehead atoms. The number of rotatable bonds is 5. The van der Waals surface area contributed by atoms with E-state index in [2.05, 4.69) is 26.0 Å². The molecule has 0 aliphatic carbocycles. The maximum atomic E-state index is 11.9. The third kappa shape index (κ3) is 5.90. The Bertz CT molecular complexity index is 392. The van der Waals surface area contributed by atoms with Crippen molar-refractivity contribution in [2.45, 2.75) is 12.7 Å². The zero-order valence-electron chi connectivity index (χ0n) is 9.26. The van der Waals surface area contributed by atoms with Gasteiger partial charge >= 0.3 is 6.18 Å². The van der Waals surface area contributed by atoms with Crippen molar-refractivity contribution >= 4 is 21.8 Å². The molecule has 0 heterocycles. The van der Waals surface area contributed by atoms with Crippen LogP contribution in [0.1, 0.15) is 5.56 Å². The summed E-state index contributed by atoms with van der Waals surface area (Å²) in [5, 5.41) is 2.83. The Morgan fingerprint density at radius 2 is 1.89 bits per heavy atom. The number of carbonyl (C=O) groups excluding carboxylic acids is 1. The SMILES string of the molecule is O=C(CBr)NCc1ccc(OCC(F)(F)F)cc1. The number of carbonyl (C=O) groups is 1. The first-order chi connectivity index (χ1) is 8.40. The van der Waals surface area contributed by atoms with Crippen LogP contribution < -0.4 is 10.1 Å². The average molecular weight is 326 g/mol. The van der Waals surface area contributed by atoms with Crippen LogP contribution in [0.15, 0.2) is 24.3 Å². The summed E-state index contributed by atoms with van der Waals surface area (Å²) in [6, 6.07) is 6.06. The summed E-state index contributed by atoms with van der Waals surface area (Å²) in [6.07, 6.45) is -4.34. The lowest BCUT2D eigenvalue weighted by atomic mass is 10.2. The van der Waals surface area contributed by atoms with Crippen LogP contribution in [0.5, 0.6) is 5.75 Å². The smallest absolute Gasteiger partial charge is 0.422 e. The number of hydrogen-bond acceptors (Lipinski definition) is 2. The van der Waals surface area contributed by atoms with E-state index < -0.39 is 12.8 Å². The molecule has 1 amide bonds. The second-order valence-electron chi connectivity index (χ2n) is 3.46. The van der Waals surface area contributed by atoms with Gasteiger partial charge in [-0.2, -0.15) is 13.2 Å². The second kappa shape index (κ2) is 6.63. The zero-order valence-corrected chi connectivity index (χ0v) is 10.8. The third-order valence-electron chi connectivity index (χ3n) is 1.94. The first-order valence-corrected chi connectivity index (χ1v) is 6.14. The normalized spacial score (nSPS) is 11.1. The number of alkyl halides is 4. The maximum absolute atomic E-state index is 11.9. The van der Waals surface area contributed by atoms with Crippen LogP contribution in [0, 0.1) is 0 Å². The largest absolute Gasteiger partial charge is 0.484 e. The van der Waals surface area contributed by atoms with E-state index in [-0.39, 0.29) is 17.0 Å². The summed E-state index contributed by atoms with van der Waals surface area (Å²) < 4.78 is 40.2. The number of ether oxygens (including phenoxy) is 1. The molecule has 0 spiro atoms. The summed E-state index contributed by atoms with van der Waals surface area (Å²) in [5.74, 6) is -0.0182. The van der Waals surface area contributed by atoms with Gasteiger partial charge in [0, 0.05) is 6.54 Å². The van der Waals surface area contributed by atoms with Crippen molar-refractivity contribution in [1.29, 1.82) is 0 Å². The maximum Gasteiger partial charge on any atom is 0.422 e. The highest BCUT2D eigenvalue weighted by Gasteiger charge is 2.28. The average Bonchev–Trinajstić information content (AvgIpc) is 2.33. The summed E-state index contributed by atoms with van der Waals surface area (Å²) >= 11 is 3.00. The van der Waals surface area contributed by atoms with Gasteiger partial charge in [0.05, 0.1) is 5.33 Å². The van der Waals surface area contributed by atoms with Crippen LogP contribution in [0.4, 0.5) is 13.2 Å². The summed E-state index contributed by atoms with van der Waals surface area (Å²) in [6.45, 7) is -0.989. The molecule has 0 atom stereocenters. The Labute approximate surface area is 110 Å². The van der Waals surface area contributed by atoms with Gasteiger partial charge in [-0.15, -0.1) is 0 Å². The lowest BCUT2D eigenvalue weighted by molar-refractivity contribution is -0.153. The van der Waals surface area contributed by atoms with Crippen LogP contribution in [-0.4, -0.2) is 24.0 Å². The number of hydrogen-bond donors (Lipinski definition) is 1. The first-order valence-electron chi connectivity index (χ1n) is 5.02. The fourth-order valence-electron chi connectivity index (χ4n) is 1.12. The molecule has 0 unspecified atom stereocenters. The Balaban J connectivity index is 2.45. The molecular weight excluding hydrogens is 315 g/mol. The zero-order chi connectivity index (χ0) is 13.6. The first kappa shape index (κ1) is 14.8.